The highest BCUT2D eigenvalue weighted by Crippen LogP contribution is 2.20. The highest BCUT2D eigenvalue weighted by Gasteiger charge is 2.07. The third-order valence-corrected chi connectivity index (χ3v) is 3.84. The molecule has 1 unspecified atom stereocenters. The molecule has 0 aliphatic carbocycles. The number of nitrogens with one attached hydrogen (secondary N) is 1. The zero-order valence-electron chi connectivity index (χ0n) is 10.7. The number of thioether (sulfide) groups is 1. The van der Waals surface area contributed by atoms with Gasteiger partial charge in [-0.25, -0.2) is 4.39 Å². The Morgan fingerprint density at radius 3 is 2.53 bits per heavy atom. The Bertz CT molecular complexity index is 300. The van der Waals surface area contributed by atoms with Crippen LogP contribution in [0.3, 0.4) is 0 Å². The minimum atomic E-state index is -0.163. The van der Waals surface area contributed by atoms with Crippen molar-refractivity contribution in [2.75, 3.05) is 12.3 Å². The van der Waals surface area contributed by atoms with Gasteiger partial charge in [0.15, 0.2) is 0 Å². The average molecular weight is 255 g/mol. The molecule has 0 fully saturated rings. The fourth-order valence-corrected chi connectivity index (χ4v) is 2.72. The van der Waals surface area contributed by atoms with Crippen LogP contribution >= 0.6 is 11.8 Å². The first kappa shape index (κ1) is 14.5. The lowest BCUT2D eigenvalue weighted by Gasteiger charge is -2.17. The van der Waals surface area contributed by atoms with E-state index in [9.17, 15) is 4.39 Å². The second-order valence-corrected chi connectivity index (χ2v) is 5.26. The van der Waals surface area contributed by atoms with Crippen LogP contribution < -0.4 is 5.32 Å². The van der Waals surface area contributed by atoms with Gasteiger partial charge in [-0.2, -0.15) is 0 Å². The molecule has 0 aliphatic rings. The minimum absolute atomic E-state index is 0.163. The third-order valence-electron chi connectivity index (χ3n) is 2.66. The van der Waals surface area contributed by atoms with Crippen LogP contribution in [0.2, 0.25) is 0 Å². The molecular weight excluding hydrogens is 233 g/mol. The third kappa shape index (κ3) is 6.08. The zero-order valence-corrected chi connectivity index (χ0v) is 11.5. The molecule has 0 heterocycles. The average Bonchev–Trinajstić information content (AvgIpc) is 2.35. The summed E-state index contributed by atoms with van der Waals surface area (Å²) >= 11 is 1.80. The quantitative estimate of drug-likeness (QED) is 0.702. The molecule has 1 rings (SSSR count). The van der Waals surface area contributed by atoms with Gasteiger partial charge in [-0.1, -0.05) is 26.7 Å². The molecular formula is C14H22FNS. The Kier molecular flexibility index (Phi) is 7.29. The van der Waals surface area contributed by atoms with Crippen molar-refractivity contribution in [1.82, 2.24) is 5.32 Å². The second-order valence-electron chi connectivity index (χ2n) is 4.16. The molecule has 0 spiro atoms. The summed E-state index contributed by atoms with van der Waals surface area (Å²) < 4.78 is 12.8. The molecule has 1 aromatic rings. The van der Waals surface area contributed by atoms with Crippen LogP contribution in [0.1, 0.15) is 33.1 Å². The van der Waals surface area contributed by atoms with E-state index in [2.05, 4.69) is 19.2 Å². The van der Waals surface area contributed by atoms with Crippen molar-refractivity contribution in [2.24, 2.45) is 0 Å². The number of rotatable bonds is 8. The van der Waals surface area contributed by atoms with Gasteiger partial charge in [0.2, 0.25) is 0 Å². The van der Waals surface area contributed by atoms with E-state index in [1.165, 1.54) is 31.4 Å². The van der Waals surface area contributed by atoms with Crippen LogP contribution in [0, 0.1) is 5.82 Å². The molecule has 0 radical (unpaired) electrons. The Labute approximate surface area is 108 Å². The van der Waals surface area contributed by atoms with Crippen LogP contribution in [0.15, 0.2) is 29.2 Å². The summed E-state index contributed by atoms with van der Waals surface area (Å²) in [5.41, 5.74) is 0. The van der Waals surface area contributed by atoms with Gasteiger partial charge in [-0.05, 0) is 37.2 Å². The van der Waals surface area contributed by atoms with Gasteiger partial charge < -0.3 is 5.32 Å². The largest absolute Gasteiger partial charge is 0.313 e. The lowest BCUT2D eigenvalue weighted by atomic mass is 10.1. The summed E-state index contributed by atoms with van der Waals surface area (Å²) in [4.78, 5) is 1.14. The highest BCUT2D eigenvalue weighted by atomic mass is 32.2. The molecule has 0 amide bonds. The van der Waals surface area contributed by atoms with E-state index in [1.54, 1.807) is 11.8 Å². The topological polar surface area (TPSA) is 12.0 Å². The van der Waals surface area contributed by atoms with Gasteiger partial charge in [0.05, 0.1) is 0 Å². The van der Waals surface area contributed by atoms with Crippen molar-refractivity contribution in [2.45, 2.75) is 44.0 Å². The van der Waals surface area contributed by atoms with Crippen molar-refractivity contribution in [1.29, 1.82) is 0 Å². The monoisotopic (exact) mass is 255 g/mol. The van der Waals surface area contributed by atoms with Gasteiger partial charge in [-0.3, -0.25) is 0 Å². The number of unbranched alkanes of at least 4 members (excludes halogenated alkanes) is 1. The molecule has 1 nitrogen and oxygen atoms in total. The summed E-state index contributed by atoms with van der Waals surface area (Å²) in [6.07, 6.45) is 3.73. The van der Waals surface area contributed by atoms with E-state index >= 15 is 0 Å². The van der Waals surface area contributed by atoms with Crippen LogP contribution in [0.4, 0.5) is 4.39 Å². The molecule has 0 aliphatic heterocycles. The van der Waals surface area contributed by atoms with Crippen molar-refractivity contribution in [3.8, 4) is 0 Å². The molecule has 0 aromatic heterocycles. The maximum absolute atomic E-state index is 12.8. The fraction of sp³-hybridized carbons (Fsp3) is 0.571. The molecule has 0 saturated heterocycles. The normalized spacial score (nSPS) is 12.6. The Morgan fingerprint density at radius 2 is 1.94 bits per heavy atom. The standard InChI is InChI=1S/C14H22FNS/c1-3-5-6-13(16-4-2)11-17-14-9-7-12(15)8-10-14/h7-10,13,16H,3-6,11H2,1-2H3. The predicted octanol–water partition coefficient (Wildman–Crippen LogP) is 4.09. The maximum Gasteiger partial charge on any atom is 0.123 e. The predicted molar refractivity (Wildman–Crippen MR) is 74.1 cm³/mol. The van der Waals surface area contributed by atoms with E-state index in [-0.39, 0.29) is 5.82 Å². The number of benzene rings is 1. The lowest BCUT2D eigenvalue weighted by molar-refractivity contribution is 0.515. The molecule has 0 bridgehead atoms. The van der Waals surface area contributed by atoms with Gasteiger partial charge in [-0.15, -0.1) is 11.8 Å². The molecule has 17 heavy (non-hydrogen) atoms. The van der Waals surface area contributed by atoms with Gasteiger partial charge in [0.1, 0.15) is 5.82 Å². The first-order valence-corrected chi connectivity index (χ1v) is 7.36. The summed E-state index contributed by atoms with van der Waals surface area (Å²) in [5.74, 6) is 0.892. The van der Waals surface area contributed by atoms with Crippen LogP contribution in [0.25, 0.3) is 0 Å². The first-order chi connectivity index (χ1) is 8.26. The minimum Gasteiger partial charge on any atom is -0.313 e. The highest BCUT2D eigenvalue weighted by molar-refractivity contribution is 7.99. The van der Waals surface area contributed by atoms with E-state index in [4.69, 9.17) is 0 Å². The summed E-state index contributed by atoms with van der Waals surface area (Å²) in [7, 11) is 0. The van der Waals surface area contributed by atoms with Gasteiger partial charge >= 0.3 is 0 Å². The van der Waals surface area contributed by atoms with Crippen molar-refractivity contribution >= 4 is 11.8 Å². The maximum atomic E-state index is 12.8. The Hall–Kier alpha value is -0.540. The molecule has 0 saturated carbocycles. The Morgan fingerprint density at radius 1 is 1.24 bits per heavy atom. The van der Waals surface area contributed by atoms with Crippen LogP contribution in [0.5, 0.6) is 0 Å². The summed E-state index contributed by atoms with van der Waals surface area (Å²) in [6, 6.07) is 7.31. The van der Waals surface area contributed by atoms with Crippen molar-refractivity contribution < 1.29 is 4.39 Å². The van der Waals surface area contributed by atoms with E-state index in [1.807, 2.05) is 12.1 Å². The summed E-state index contributed by atoms with van der Waals surface area (Å²) in [6.45, 7) is 5.37. The van der Waals surface area contributed by atoms with Crippen LogP contribution in [-0.2, 0) is 0 Å². The Balaban J connectivity index is 2.37. The van der Waals surface area contributed by atoms with Crippen molar-refractivity contribution in [3.63, 3.8) is 0 Å². The van der Waals surface area contributed by atoms with Crippen LogP contribution in [-0.4, -0.2) is 18.3 Å². The van der Waals surface area contributed by atoms with E-state index in [0.717, 1.165) is 17.2 Å². The van der Waals surface area contributed by atoms with Gasteiger partial charge in [0.25, 0.3) is 0 Å². The number of halogens is 1. The number of hydrogen-bond acceptors (Lipinski definition) is 2. The zero-order chi connectivity index (χ0) is 12.5. The lowest BCUT2D eigenvalue weighted by Crippen LogP contribution is -2.31. The molecule has 96 valence electrons. The molecule has 3 heteroatoms. The van der Waals surface area contributed by atoms with E-state index in [0.29, 0.717) is 6.04 Å². The SMILES string of the molecule is CCCCC(CSc1ccc(F)cc1)NCC. The smallest absolute Gasteiger partial charge is 0.123 e. The molecule has 1 aromatic carbocycles. The molecule has 1 N–H and O–H groups in total. The number of hydrogen-bond donors (Lipinski definition) is 1. The van der Waals surface area contributed by atoms with E-state index < -0.39 is 0 Å². The van der Waals surface area contributed by atoms with Gasteiger partial charge in [0, 0.05) is 16.7 Å². The fourth-order valence-electron chi connectivity index (χ4n) is 1.71. The van der Waals surface area contributed by atoms with Crippen molar-refractivity contribution in [3.05, 3.63) is 30.1 Å². The molecule has 1 atom stereocenters. The second kappa shape index (κ2) is 8.54. The summed E-state index contributed by atoms with van der Waals surface area (Å²) in [5, 5.41) is 3.50. The first-order valence-electron chi connectivity index (χ1n) is 6.38.